The Hall–Kier alpha value is -2.05. The van der Waals surface area contributed by atoms with Crippen LogP contribution in [-0.2, 0) is 20.1 Å². The number of alkyl halides is 3. The van der Waals surface area contributed by atoms with Crippen molar-refractivity contribution in [1.29, 1.82) is 0 Å². The van der Waals surface area contributed by atoms with Crippen molar-refractivity contribution >= 4 is 29.9 Å². The number of nitrogens with zero attached hydrogens (tertiary/aromatic N) is 4. The standard InChI is InChI=1S/C16H21F3N6O.HI/c1-3-20-15(22-9-14-24-23-11-25(14)2)21-8-12-4-6-13(7-5-12)26-10-16(17,18)19;/h4-7,11H,3,8-10H2,1-2H3,(H2,20,21,22);1H. The monoisotopic (exact) mass is 498 g/mol. The van der Waals surface area contributed by atoms with Crippen LogP contribution in [0.3, 0.4) is 0 Å². The van der Waals surface area contributed by atoms with Gasteiger partial charge in [0.15, 0.2) is 18.4 Å². The third kappa shape index (κ3) is 8.45. The molecule has 7 nitrogen and oxygen atoms in total. The second kappa shape index (κ2) is 10.9. The molecule has 1 heterocycles. The molecule has 0 saturated heterocycles. The number of guanidine groups is 1. The summed E-state index contributed by atoms with van der Waals surface area (Å²) in [6, 6.07) is 6.36. The summed E-state index contributed by atoms with van der Waals surface area (Å²) >= 11 is 0. The number of aromatic nitrogens is 3. The molecule has 2 aromatic rings. The third-order valence-electron chi connectivity index (χ3n) is 3.31. The van der Waals surface area contributed by atoms with E-state index in [2.05, 4.69) is 30.6 Å². The highest BCUT2D eigenvalue weighted by atomic mass is 127. The first-order valence-corrected chi connectivity index (χ1v) is 8.01. The van der Waals surface area contributed by atoms with Crippen molar-refractivity contribution in [3.05, 3.63) is 42.0 Å². The Bertz CT molecular complexity index is 718. The number of halogens is 4. The number of benzene rings is 1. The predicted octanol–water partition coefficient (Wildman–Crippen LogP) is 2.63. The largest absolute Gasteiger partial charge is 0.484 e. The minimum atomic E-state index is -4.35. The molecule has 27 heavy (non-hydrogen) atoms. The van der Waals surface area contributed by atoms with Crippen LogP contribution in [0.2, 0.25) is 0 Å². The zero-order chi connectivity index (χ0) is 19.0. The van der Waals surface area contributed by atoms with Crippen LogP contribution in [0, 0.1) is 0 Å². The van der Waals surface area contributed by atoms with Crippen LogP contribution in [0.5, 0.6) is 5.75 Å². The fraction of sp³-hybridized carbons (Fsp3) is 0.438. The van der Waals surface area contributed by atoms with Gasteiger partial charge in [0.2, 0.25) is 0 Å². The summed E-state index contributed by atoms with van der Waals surface area (Å²) in [5.74, 6) is 1.54. The molecule has 1 aromatic carbocycles. The molecule has 2 N–H and O–H groups in total. The first-order chi connectivity index (χ1) is 12.4. The number of nitrogens with one attached hydrogen (secondary N) is 2. The van der Waals surface area contributed by atoms with Crippen molar-refractivity contribution in [2.45, 2.75) is 26.2 Å². The van der Waals surface area contributed by atoms with Crippen LogP contribution >= 0.6 is 24.0 Å². The lowest BCUT2D eigenvalue weighted by atomic mass is 10.2. The van der Waals surface area contributed by atoms with Gasteiger partial charge in [-0.3, -0.25) is 0 Å². The van der Waals surface area contributed by atoms with Crippen LogP contribution in [0.1, 0.15) is 18.3 Å². The maximum absolute atomic E-state index is 12.1. The number of hydrogen-bond acceptors (Lipinski definition) is 4. The lowest BCUT2D eigenvalue weighted by molar-refractivity contribution is -0.153. The maximum atomic E-state index is 12.1. The van der Waals surface area contributed by atoms with Gasteiger partial charge >= 0.3 is 6.18 Å². The van der Waals surface area contributed by atoms with Crippen molar-refractivity contribution in [3.63, 3.8) is 0 Å². The Labute approximate surface area is 172 Å². The minimum absolute atomic E-state index is 0. The molecule has 0 spiro atoms. The van der Waals surface area contributed by atoms with Crippen LogP contribution < -0.4 is 15.4 Å². The van der Waals surface area contributed by atoms with Crippen LogP contribution in [0.4, 0.5) is 13.2 Å². The summed E-state index contributed by atoms with van der Waals surface area (Å²) in [5.41, 5.74) is 0.847. The van der Waals surface area contributed by atoms with Gasteiger partial charge in [-0.2, -0.15) is 13.2 Å². The number of aryl methyl sites for hydroxylation is 1. The van der Waals surface area contributed by atoms with E-state index in [9.17, 15) is 13.2 Å². The Balaban J connectivity index is 0.00000364. The van der Waals surface area contributed by atoms with Gasteiger partial charge in [0.1, 0.15) is 12.1 Å². The fourth-order valence-electron chi connectivity index (χ4n) is 2.00. The van der Waals surface area contributed by atoms with E-state index < -0.39 is 12.8 Å². The highest BCUT2D eigenvalue weighted by molar-refractivity contribution is 14.0. The van der Waals surface area contributed by atoms with Crippen LogP contribution in [-0.4, -0.2) is 40.1 Å². The van der Waals surface area contributed by atoms with Crippen molar-refractivity contribution in [2.75, 3.05) is 13.2 Å². The molecule has 0 bridgehead atoms. The van der Waals surface area contributed by atoms with E-state index in [0.29, 0.717) is 25.6 Å². The summed E-state index contributed by atoms with van der Waals surface area (Å²) in [4.78, 5) is 4.44. The van der Waals surface area contributed by atoms with Crippen LogP contribution in [0.15, 0.2) is 35.6 Å². The van der Waals surface area contributed by atoms with E-state index >= 15 is 0 Å². The number of aliphatic imine (C=N–C) groups is 1. The topological polar surface area (TPSA) is 76.4 Å². The molecule has 0 unspecified atom stereocenters. The summed E-state index contributed by atoms with van der Waals surface area (Å²) in [7, 11) is 1.85. The van der Waals surface area contributed by atoms with Gasteiger partial charge in [0.25, 0.3) is 0 Å². The molecule has 0 atom stereocenters. The number of hydrogen-bond donors (Lipinski definition) is 2. The smallest absolute Gasteiger partial charge is 0.422 e. The fourth-order valence-corrected chi connectivity index (χ4v) is 2.00. The number of ether oxygens (including phenoxy) is 1. The highest BCUT2D eigenvalue weighted by Gasteiger charge is 2.28. The summed E-state index contributed by atoms with van der Waals surface area (Å²) in [6.07, 6.45) is -2.73. The molecular weight excluding hydrogens is 476 g/mol. The van der Waals surface area contributed by atoms with Gasteiger partial charge in [-0.25, -0.2) is 4.99 Å². The first-order valence-electron chi connectivity index (χ1n) is 8.01. The normalized spacial score (nSPS) is 11.7. The highest BCUT2D eigenvalue weighted by Crippen LogP contribution is 2.19. The molecular formula is C16H22F3IN6O. The molecule has 1 aromatic heterocycles. The zero-order valence-corrected chi connectivity index (χ0v) is 17.3. The lowest BCUT2D eigenvalue weighted by Crippen LogP contribution is -2.37. The Morgan fingerprint density at radius 2 is 1.93 bits per heavy atom. The van der Waals surface area contributed by atoms with Gasteiger partial charge in [0.05, 0.1) is 13.1 Å². The Kier molecular flexibility index (Phi) is 9.32. The first kappa shape index (κ1) is 23.0. The van der Waals surface area contributed by atoms with Crippen molar-refractivity contribution in [1.82, 2.24) is 25.4 Å². The predicted molar refractivity (Wildman–Crippen MR) is 106 cm³/mol. The molecule has 150 valence electrons. The van der Waals surface area contributed by atoms with Crippen molar-refractivity contribution in [2.24, 2.45) is 12.0 Å². The van der Waals surface area contributed by atoms with Gasteiger partial charge in [0, 0.05) is 13.6 Å². The van der Waals surface area contributed by atoms with Gasteiger partial charge in [-0.1, -0.05) is 12.1 Å². The molecule has 2 rings (SSSR count). The molecule has 0 aliphatic carbocycles. The second-order valence-electron chi connectivity index (χ2n) is 5.45. The second-order valence-corrected chi connectivity index (χ2v) is 5.45. The van der Waals surface area contributed by atoms with Crippen molar-refractivity contribution < 1.29 is 17.9 Å². The SMILES string of the molecule is CCNC(=NCc1ccc(OCC(F)(F)F)cc1)NCc1nncn1C.I. The average Bonchev–Trinajstić information content (AvgIpc) is 3.01. The van der Waals surface area contributed by atoms with Gasteiger partial charge < -0.3 is 19.9 Å². The van der Waals surface area contributed by atoms with E-state index in [4.69, 9.17) is 0 Å². The quantitative estimate of drug-likeness (QED) is 0.349. The van der Waals surface area contributed by atoms with Crippen molar-refractivity contribution in [3.8, 4) is 5.75 Å². The summed E-state index contributed by atoms with van der Waals surface area (Å²) in [6.45, 7) is 2.17. The van der Waals surface area contributed by atoms with E-state index in [1.165, 1.54) is 12.1 Å². The molecule has 0 aliphatic heterocycles. The Morgan fingerprint density at radius 3 is 2.48 bits per heavy atom. The van der Waals surface area contributed by atoms with E-state index in [-0.39, 0.29) is 29.7 Å². The van der Waals surface area contributed by atoms with E-state index in [1.54, 1.807) is 23.0 Å². The van der Waals surface area contributed by atoms with E-state index in [1.807, 2.05) is 14.0 Å². The summed E-state index contributed by atoms with van der Waals surface area (Å²) < 4.78 is 42.9. The van der Waals surface area contributed by atoms with Gasteiger partial charge in [-0.05, 0) is 24.6 Å². The molecule has 0 fully saturated rings. The molecule has 11 heteroatoms. The minimum Gasteiger partial charge on any atom is -0.484 e. The molecule has 0 amide bonds. The molecule has 0 saturated carbocycles. The third-order valence-corrected chi connectivity index (χ3v) is 3.31. The van der Waals surface area contributed by atoms with Gasteiger partial charge in [-0.15, -0.1) is 34.2 Å². The molecule has 0 radical (unpaired) electrons. The zero-order valence-electron chi connectivity index (χ0n) is 15.0. The summed E-state index contributed by atoms with van der Waals surface area (Å²) in [5, 5.41) is 14.1. The molecule has 0 aliphatic rings. The Morgan fingerprint density at radius 1 is 1.22 bits per heavy atom. The number of rotatable bonds is 7. The maximum Gasteiger partial charge on any atom is 0.422 e. The van der Waals surface area contributed by atoms with Crippen LogP contribution in [0.25, 0.3) is 0 Å². The lowest BCUT2D eigenvalue weighted by Gasteiger charge is -2.11. The van der Waals surface area contributed by atoms with E-state index in [0.717, 1.165) is 11.4 Å². The average molecular weight is 498 g/mol.